The predicted octanol–water partition coefficient (Wildman–Crippen LogP) is 0.901. The Morgan fingerprint density at radius 2 is 2.09 bits per heavy atom. The molecular formula is C15H16N4O3S. The van der Waals surface area contributed by atoms with Crippen molar-refractivity contribution in [2.75, 3.05) is 16.8 Å². The molecule has 2 aromatic rings. The number of hydrogen-bond acceptors (Lipinski definition) is 6. The number of fused-ring (bicyclic) bond motifs is 4. The fraction of sp³-hybridized carbons (Fsp3) is 0.400. The summed E-state index contributed by atoms with van der Waals surface area (Å²) < 4.78 is 26.1. The third-order valence-corrected chi connectivity index (χ3v) is 6.24. The van der Waals surface area contributed by atoms with Gasteiger partial charge in [-0.25, -0.2) is 13.1 Å². The van der Waals surface area contributed by atoms with Crippen LogP contribution in [0.1, 0.15) is 18.5 Å². The number of nitrogens with one attached hydrogen (secondary N) is 1. The summed E-state index contributed by atoms with van der Waals surface area (Å²) in [6, 6.07) is 7.44. The average Bonchev–Trinajstić information content (AvgIpc) is 2.48. The molecule has 0 aliphatic carbocycles. The molecule has 3 heterocycles. The Hall–Kier alpha value is -2.22. The first-order valence-electron chi connectivity index (χ1n) is 7.47. The average molecular weight is 332 g/mol. The predicted molar refractivity (Wildman–Crippen MR) is 85.9 cm³/mol. The number of benzene rings is 1. The molecule has 2 aliphatic heterocycles. The van der Waals surface area contributed by atoms with E-state index in [1.165, 1.54) is 0 Å². The third kappa shape index (κ3) is 2.16. The summed E-state index contributed by atoms with van der Waals surface area (Å²) in [6.07, 6.45) is 1.16. The molecule has 0 amide bonds. The van der Waals surface area contributed by atoms with Gasteiger partial charge in [0.05, 0.1) is 11.5 Å². The highest BCUT2D eigenvalue weighted by Crippen LogP contribution is 2.40. The number of aryl methyl sites for hydroxylation is 1. The van der Waals surface area contributed by atoms with E-state index < -0.39 is 15.5 Å². The Kier molecular flexibility index (Phi) is 2.90. The molecule has 120 valence electrons. The van der Waals surface area contributed by atoms with E-state index in [0.29, 0.717) is 18.7 Å². The SMILES string of the molecule is Cc1nn2c(nc1=O)-c1ccccc1N[C@]21CCCS(=O)(=O)C1. The Morgan fingerprint density at radius 1 is 1.30 bits per heavy atom. The zero-order valence-corrected chi connectivity index (χ0v) is 13.4. The summed E-state index contributed by atoms with van der Waals surface area (Å²) in [5.41, 5.74) is 0.526. The topological polar surface area (TPSA) is 93.9 Å². The molecule has 0 unspecified atom stereocenters. The van der Waals surface area contributed by atoms with Crippen molar-refractivity contribution in [2.45, 2.75) is 25.4 Å². The standard InChI is InChI=1S/C15H16N4O3S/c1-10-14(20)16-13-11-5-2-3-6-12(11)17-15(19(13)18-10)7-4-8-23(21,22)9-15/h2-3,5-6,17H,4,7-9H2,1H3/t15-/m1/s1. The quantitative estimate of drug-likeness (QED) is 0.770. The lowest BCUT2D eigenvalue weighted by Crippen LogP contribution is -2.54. The number of anilines is 1. The largest absolute Gasteiger partial charge is 0.360 e. The van der Waals surface area contributed by atoms with Crippen molar-refractivity contribution in [3.63, 3.8) is 0 Å². The Morgan fingerprint density at radius 3 is 2.87 bits per heavy atom. The van der Waals surface area contributed by atoms with Crippen molar-refractivity contribution >= 4 is 15.5 Å². The lowest BCUT2D eigenvalue weighted by Gasteiger charge is -2.43. The minimum absolute atomic E-state index is 0.0572. The van der Waals surface area contributed by atoms with Crippen LogP contribution >= 0.6 is 0 Å². The molecule has 1 aromatic heterocycles. The molecule has 1 atom stereocenters. The molecule has 0 saturated carbocycles. The first kappa shape index (κ1) is 14.4. The highest BCUT2D eigenvalue weighted by atomic mass is 32.2. The molecule has 1 N–H and O–H groups in total. The maximum absolute atomic E-state index is 12.2. The summed E-state index contributed by atoms with van der Waals surface area (Å²) in [5, 5.41) is 7.72. The second-order valence-corrected chi connectivity index (χ2v) is 8.32. The molecule has 1 saturated heterocycles. The van der Waals surface area contributed by atoms with Crippen LogP contribution in [0.5, 0.6) is 0 Å². The van der Waals surface area contributed by atoms with Gasteiger partial charge in [-0.05, 0) is 31.9 Å². The van der Waals surface area contributed by atoms with Crippen molar-refractivity contribution in [3.8, 4) is 11.4 Å². The molecule has 23 heavy (non-hydrogen) atoms. The van der Waals surface area contributed by atoms with Gasteiger partial charge in [-0.2, -0.15) is 10.1 Å². The van der Waals surface area contributed by atoms with Gasteiger partial charge >= 0.3 is 0 Å². The summed E-state index contributed by atoms with van der Waals surface area (Å²) in [5.74, 6) is 0.547. The van der Waals surface area contributed by atoms with Gasteiger partial charge in [-0.3, -0.25) is 4.79 Å². The highest BCUT2D eigenvalue weighted by molar-refractivity contribution is 7.91. The van der Waals surface area contributed by atoms with E-state index in [2.05, 4.69) is 15.4 Å². The normalized spacial score (nSPS) is 24.6. The summed E-state index contributed by atoms with van der Waals surface area (Å²) in [7, 11) is -3.19. The molecule has 2 aliphatic rings. The first-order valence-corrected chi connectivity index (χ1v) is 9.29. The summed E-state index contributed by atoms with van der Waals surface area (Å²) in [6.45, 7) is 1.59. The Balaban J connectivity index is 2.03. The maximum Gasteiger partial charge on any atom is 0.294 e. The van der Waals surface area contributed by atoms with Crippen molar-refractivity contribution in [1.82, 2.24) is 14.8 Å². The monoisotopic (exact) mass is 332 g/mol. The van der Waals surface area contributed by atoms with Crippen molar-refractivity contribution in [3.05, 3.63) is 40.3 Å². The minimum atomic E-state index is -3.19. The van der Waals surface area contributed by atoms with Crippen LogP contribution in [-0.2, 0) is 15.5 Å². The van der Waals surface area contributed by atoms with Crippen LogP contribution in [0.3, 0.4) is 0 Å². The van der Waals surface area contributed by atoms with Gasteiger partial charge in [0.1, 0.15) is 11.4 Å². The number of nitrogens with zero attached hydrogens (tertiary/aromatic N) is 3. The van der Waals surface area contributed by atoms with Gasteiger partial charge in [-0.1, -0.05) is 12.1 Å². The van der Waals surface area contributed by atoms with E-state index in [-0.39, 0.29) is 22.8 Å². The zero-order valence-electron chi connectivity index (χ0n) is 12.6. The number of aromatic nitrogens is 3. The van der Waals surface area contributed by atoms with Gasteiger partial charge in [0.2, 0.25) is 0 Å². The summed E-state index contributed by atoms with van der Waals surface area (Å²) in [4.78, 5) is 16.1. The Bertz CT molecular complexity index is 967. The van der Waals surface area contributed by atoms with Gasteiger partial charge in [0.15, 0.2) is 15.7 Å². The molecule has 0 bridgehead atoms. The van der Waals surface area contributed by atoms with Gasteiger partial charge in [0.25, 0.3) is 5.56 Å². The Labute approximate surface area is 133 Å². The number of sulfone groups is 1. The third-order valence-electron chi connectivity index (χ3n) is 4.41. The van der Waals surface area contributed by atoms with Crippen LogP contribution in [0, 0.1) is 6.92 Å². The van der Waals surface area contributed by atoms with E-state index in [0.717, 1.165) is 11.3 Å². The molecule has 1 spiro atoms. The van der Waals surface area contributed by atoms with Crippen LogP contribution in [0.15, 0.2) is 29.1 Å². The van der Waals surface area contributed by atoms with Crippen LogP contribution in [0.25, 0.3) is 11.4 Å². The van der Waals surface area contributed by atoms with E-state index in [4.69, 9.17) is 0 Å². The first-order chi connectivity index (χ1) is 10.9. The molecular weight excluding hydrogens is 316 g/mol. The lowest BCUT2D eigenvalue weighted by molar-refractivity contribution is 0.287. The molecule has 8 heteroatoms. The number of para-hydroxylation sites is 1. The van der Waals surface area contributed by atoms with Gasteiger partial charge in [0, 0.05) is 11.3 Å². The fourth-order valence-electron chi connectivity index (χ4n) is 3.39. The highest BCUT2D eigenvalue weighted by Gasteiger charge is 2.45. The number of hydrogen-bond donors (Lipinski definition) is 1. The van der Waals surface area contributed by atoms with Crippen LogP contribution < -0.4 is 10.9 Å². The molecule has 7 nitrogen and oxygen atoms in total. The van der Waals surface area contributed by atoms with E-state index in [1.807, 2.05) is 24.3 Å². The van der Waals surface area contributed by atoms with Gasteiger partial charge in [-0.15, -0.1) is 0 Å². The number of rotatable bonds is 0. The van der Waals surface area contributed by atoms with Crippen molar-refractivity contribution in [1.29, 1.82) is 0 Å². The molecule has 1 aromatic carbocycles. The summed E-state index contributed by atoms with van der Waals surface area (Å²) >= 11 is 0. The van der Waals surface area contributed by atoms with Crippen LogP contribution in [-0.4, -0.2) is 34.7 Å². The molecule has 4 rings (SSSR count). The van der Waals surface area contributed by atoms with E-state index >= 15 is 0 Å². The molecule has 1 fully saturated rings. The van der Waals surface area contributed by atoms with Crippen LogP contribution in [0.2, 0.25) is 0 Å². The van der Waals surface area contributed by atoms with Gasteiger partial charge < -0.3 is 5.32 Å². The lowest BCUT2D eigenvalue weighted by atomic mass is 9.99. The van der Waals surface area contributed by atoms with Crippen molar-refractivity contribution < 1.29 is 8.42 Å². The minimum Gasteiger partial charge on any atom is -0.360 e. The molecule has 0 radical (unpaired) electrons. The van der Waals surface area contributed by atoms with E-state index in [9.17, 15) is 13.2 Å². The van der Waals surface area contributed by atoms with E-state index in [1.54, 1.807) is 11.6 Å². The second kappa shape index (κ2) is 4.64. The zero-order chi connectivity index (χ0) is 16.2. The van der Waals surface area contributed by atoms with Crippen LogP contribution in [0.4, 0.5) is 5.69 Å². The maximum atomic E-state index is 12.2. The fourth-order valence-corrected chi connectivity index (χ4v) is 5.18. The van der Waals surface area contributed by atoms with Crippen molar-refractivity contribution in [2.24, 2.45) is 0 Å². The smallest absolute Gasteiger partial charge is 0.294 e. The second-order valence-electron chi connectivity index (χ2n) is 6.14.